The second-order valence-corrected chi connectivity index (χ2v) is 8.48. The number of ether oxygens (including phenoxy) is 4. The Hall–Kier alpha value is -3.20. The molecule has 0 amide bonds. The van der Waals surface area contributed by atoms with Crippen LogP contribution >= 0.6 is 0 Å². The highest BCUT2D eigenvalue weighted by atomic mass is 16.6. The molecule has 6 nitrogen and oxygen atoms in total. The summed E-state index contributed by atoms with van der Waals surface area (Å²) < 4.78 is 21.1. The van der Waals surface area contributed by atoms with Gasteiger partial charge in [0, 0.05) is 12.5 Å². The normalized spacial score (nSPS) is 12.0. The molecule has 0 heterocycles. The zero-order chi connectivity index (χ0) is 26.3. The third kappa shape index (κ3) is 9.52. The van der Waals surface area contributed by atoms with Crippen LogP contribution in [0.4, 0.5) is 0 Å². The number of esters is 2. The van der Waals surface area contributed by atoms with Gasteiger partial charge in [-0.25, -0.2) is 0 Å². The smallest absolute Gasteiger partial charge is 0.324 e. The van der Waals surface area contributed by atoms with E-state index in [0.29, 0.717) is 0 Å². The molecule has 0 unspecified atom stereocenters. The summed E-state index contributed by atoms with van der Waals surface area (Å²) in [6.45, 7) is 7.74. The largest absolute Gasteiger partial charge is 0.497 e. The number of benzene rings is 1. The van der Waals surface area contributed by atoms with Crippen LogP contribution in [0.3, 0.4) is 0 Å². The first-order valence-corrected chi connectivity index (χ1v) is 12.1. The number of allylic oxidation sites excluding steroid dienone is 4. The first-order valence-electron chi connectivity index (χ1n) is 12.1. The Morgan fingerprint density at radius 1 is 0.914 bits per heavy atom. The average Bonchev–Trinajstić information content (AvgIpc) is 2.83. The Bertz CT molecular complexity index is 895. The summed E-state index contributed by atoms with van der Waals surface area (Å²) in [7, 11) is 3.29. The minimum atomic E-state index is -1.51. The van der Waals surface area contributed by atoms with Crippen molar-refractivity contribution < 1.29 is 28.5 Å². The molecule has 1 rings (SSSR count). The van der Waals surface area contributed by atoms with Gasteiger partial charge in [0.05, 0.1) is 27.4 Å². The van der Waals surface area contributed by atoms with Gasteiger partial charge in [-0.15, -0.1) is 12.3 Å². The van der Waals surface area contributed by atoms with Gasteiger partial charge < -0.3 is 18.9 Å². The Kier molecular flexibility index (Phi) is 13.3. The maximum Gasteiger partial charge on any atom is 0.324 e. The van der Waals surface area contributed by atoms with E-state index in [-0.39, 0.29) is 26.1 Å². The predicted molar refractivity (Wildman–Crippen MR) is 138 cm³/mol. The van der Waals surface area contributed by atoms with E-state index in [9.17, 15) is 9.59 Å². The highest BCUT2D eigenvalue weighted by molar-refractivity contribution is 6.00. The van der Waals surface area contributed by atoms with Crippen LogP contribution in [0.5, 0.6) is 11.5 Å². The minimum Gasteiger partial charge on any atom is -0.497 e. The third-order valence-electron chi connectivity index (χ3n) is 5.69. The van der Waals surface area contributed by atoms with Crippen LogP contribution in [0.15, 0.2) is 41.5 Å². The fourth-order valence-corrected chi connectivity index (χ4v) is 3.84. The van der Waals surface area contributed by atoms with E-state index in [2.05, 4.69) is 18.9 Å². The molecule has 0 radical (unpaired) electrons. The SMILES string of the molecule is C#CCC(C/C(C)=C/CC/C(C)=C\CCc1cc(OC)cc(OC)c1)(C(=O)OCC)C(=O)OCC. The Morgan fingerprint density at radius 3 is 1.94 bits per heavy atom. The molecule has 0 bridgehead atoms. The van der Waals surface area contributed by atoms with Gasteiger partial charge in [0.2, 0.25) is 0 Å². The van der Waals surface area contributed by atoms with E-state index in [0.717, 1.165) is 48.3 Å². The van der Waals surface area contributed by atoms with Crippen LogP contribution in [-0.4, -0.2) is 39.4 Å². The van der Waals surface area contributed by atoms with Gasteiger partial charge in [0.25, 0.3) is 0 Å². The van der Waals surface area contributed by atoms with E-state index >= 15 is 0 Å². The topological polar surface area (TPSA) is 71.1 Å². The monoisotopic (exact) mass is 484 g/mol. The molecule has 0 aromatic heterocycles. The van der Waals surface area contributed by atoms with Gasteiger partial charge in [-0.05, 0) is 77.5 Å². The van der Waals surface area contributed by atoms with Crippen molar-refractivity contribution in [2.75, 3.05) is 27.4 Å². The van der Waals surface area contributed by atoms with Crippen molar-refractivity contribution in [2.24, 2.45) is 5.41 Å². The second kappa shape index (κ2) is 15.7. The van der Waals surface area contributed by atoms with Crippen molar-refractivity contribution in [2.45, 2.75) is 66.2 Å². The lowest BCUT2D eigenvalue weighted by molar-refractivity contribution is -0.171. The number of hydrogen-bond acceptors (Lipinski definition) is 6. The molecule has 0 aliphatic carbocycles. The number of rotatable bonds is 15. The molecule has 0 aliphatic heterocycles. The molecule has 6 heteroatoms. The number of aryl methyl sites for hydroxylation is 1. The maximum atomic E-state index is 12.7. The molecule has 0 atom stereocenters. The molecule has 0 N–H and O–H groups in total. The molecule has 192 valence electrons. The quantitative estimate of drug-likeness (QED) is 0.135. The molecule has 35 heavy (non-hydrogen) atoms. The van der Waals surface area contributed by atoms with E-state index < -0.39 is 17.4 Å². The fourth-order valence-electron chi connectivity index (χ4n) is 3.84. The summed E-state index contributed by atoms with van der Waals surface area (Å²) >= 11 is 0. The molecule has 0 fully saturated rings. The molecule has 0 aliphatic rings. The van der Waals surface area contributed by atoms with Crippen molar-refractivity contribution in [3.8, 4) is 23.8 Å². The van der Waals surface area contributed by atoms with Gasteiger partial charge in [-0.1, -0.05) is 23.3 Å². The van der Waals surface area contributed by atoms with Gasteiger partial charge in [-0.3, -0.25) is 9.59 Å². The van der Waals surface area contributed by atoms with Crippen LogP contribution in [0.1, 0.15) is 65.4 Å². The number of carbonyl (C=O) groups is 2. The van der Waals surface area contributed by atoms with Crippen LogP contribution in [0.2, 0.25) is 0 Å². The van der Waals surface area contributed by atoms with Crippen LogP contribution in [0, 0.1) is 17.8 Å². The van der Waals surface area contributed by atoms with Crippen molar-refractivity contribution in [3.05, 3.63) is 47.1 Å². The lowest BCUT2D eigenvalue weighted by Crippen LogP contribution is -2.42. The first kappa shape index (κ1) is 29.8. The second-order valence-electron chi connectivity index (χ2n) is 8.48. The number of hydrogen-bond donors (Lipinski definition) is 0. The lowest BCUT2D eigenvalue weighted by Gasteiger charge is -2.27. The standard InChI is InChI=1S/C29H40O6/c1-8-17-29(27(30)34-9-2,28(31)35-10-3)21-23(5)15-11-13-22(4)14-12-16-24-18-25(32-6)20-26(19-24)33-7/h1,14-15,18-20H,9-13,16-17,21H2,2-7H3/b22-14-,23-15+. The summed E-state index contributed by atoms with van der Waals surface area (Å²) in [6, 6.07) is 5.90. The Labute approximate surface area is 210 Å². The summed E-state index contributed by atoms with van der Waals surface area (Å²) in [6.07, 6.45) is 13.4. The van der Waals surface area contributed by atoms with E-state index in [1.165, 1.54) is 5.57 Å². The van der Waals surface area contributed by atoms with Gasteiger partial charge in [-0.2, -0.15) is 0 Å². The average molecular weight is 485 g/mol. The first-order chi connectivity index (χ1) is 16.8. The molecule has 0 spiro atoms. The predicted octanol–water partition coefficient (Wildman–Crippen LogP) is 5.84. The molecule has 1 aromatic rings. The summed E-state index contributed by atoms with van der Waals surface area (Å²) in [5, 5.41) is 0. The van der Waals surface area contributed by atoms with E-state index in [1.807, 2.05) is 31.2 Å². The number of carbonyl (C=O) groups excluding carboxylic acids is 2. The molecule has 0 saturated carbocycles. The molecular formula is C29H40O6. The highest BCUT2D eigenvalue weighted by Crippen LogP contribution is 2.34. The zero-order valence-corrected chi connectivity index (χ0v) is 22.1. The van der Waals surface area contributed by atoms with E-state index in [4.69, 9.17) is 25.4 Å². The Balaban J connectivity index is 2.79. The number of methoxy groups -OCH3 is 2. The third-order valence-corrected chi connectivity index (χ3v) is 5.69. The van der Waals surface area contributed by atoms with Gasteiger partial charge in [0.15, 0.2) is 5.41 Å². The van der Waals surface area contributed by atoms with Crippen molar-refractivity contribution >= 4 is 11.9 Å². The lowest BCUT2D eigenvalue weighted by atomic mass is 9.78. The van der Waals surface area contributed by atoms with Crippen LogP contribution in [0.25, 0.3) is 0 Å². The highest BCUT2D eigenvalue weighted by Gasteiger charge is 2.48. The summed E-state index contributed by atoms with van der Waals surface area (Å²) in [5.74, 6) is 2.77. The van der Waals surface area contributed by atoms with Gasteiger partial charge in [0.1, 0.15) is 11.5 Å². The van der Waals surface area contributed by atoms with Crippen molar-refractivity contribution in [1.29, 1.82) is 0 Å². The number of terminal acetylenes is 1. The van der Waals surface area contributed by atoms with Crippen molar-refractivity contribution in [1.82, 2.24) is 0 Å². The van der Waals surface area contributed by atoms with Crippen molar-refractivity contribution in [3.63, 3.8) is 0 Å². The summed E-state index contributed by atoms with van der Waals surface area (Å²) in [4.78, 5) is 25.5. The Morgan fingerprint density at radius 2 is 1.46 bits per heavy atom. The van der Waals surface area contributed by atoms with Gasteiger partial charge >= 0.3 is 11.9 Å². The maximum absolute atomic E-state index is 12.7. The molecule has 1 aromatic carbocycles. The zero-order valence-electron chi connectivity index (χ0n) is 22.1. The van der Waals surface area contributed by atoms with Crippen LogP contribution in [-0.2, 0) is 25.5 Å². The molecular weight excluding hydrogens is 444 g/mol. The summed E-state index contributed by atoms with van der Waals surface area (Å²) in [5.41, 5.74) is 1.82. The molecule has 0 saturated heterocycles. The van der Waals surface area contributed by atoms with Crippen LogP contribution < -0.4 is 9.47 Å². The fraction of sp³-hybridized carbons (Fsp3) is 0.517. The minimum absolute atomic E-state index is 0.0656. The van der Waals surface area contributed by atoms with E-state index in [1.54, 1.807) is 28.1 Å².